The monoisotopic (exact) mass is 327 g/mol. The Morgan fingerprint density at radius 2 is 1.87 bits per heavy atom. The summed E-state index contributed by atoms with van der Waals surface area (Å²) in [5, 5.41) is 7.77. The van der Waals surface area contributed by atoms with Crippen molar-refractivity contribution in [1.82, 2.24) is 15.2 Å². The molecule has 0 radical (unpaired) electrons. The van der Waals surface area contributed by atoms with Crippen molar-refractivity contribution in [3.63, 3.8) is 0 Å². The van der Waals surface area contributed by atoms with Gasteiger partial charge in [-0.3, -0.25) is 5.10 Å². The number of hydrogen-bond donors (Lipinski definition) is 2. The van der Waals surface area contributed by atoms with Crippen LogP contribution in [0.1, 0.15) is 11.4 Å². The molecule has 0 spiro atoms. The van der Waals surface area contributed by atoms with Gasteiger partial charge in [-0.05, 0) is 35.9 Å². The Kier molecular flexibility index (Phi) is 4.21. The van der Waals surface area contributed by atoms with E-state index in [4.69, 9.17) is 17.3 Å². The molecule has 23 heavy (non-hydrogen) atoms. The summed E-state index contributed by atoms with van der Waals surface area (Å²) in [5.41, 5.74) is 9.54. The topological polar surface area (TPSA) is 70.8 Å². The second-order valence-electron chi connectivity index (χ2n) is 5.58. The van der Waals surface area contributed by atoms with Gasteiger partial charge in [-0.25, -0.2) is 4.98 Å². The fourth-order valence-corrected chi connectivity index (χ4v) is 2.41. The average molecular weight is 328 g/mol. The normalized spacial score (nSPS) is 10.7. The molecule has 0 bridgehead atoms. The number of rotatable bonds is 4. The molecule has 0 aliphatic carbocycles. The fourth-order valence-electron chi connectivity index (χ4n) is 2.29. The van der Waals surface area contributed by atoms with Crippen molar-refractivity contribution < 1.29 is 0 Å². The van der Waals surface area contributed by atoms with E-state index in [1.165, 1.54) is 11.3 Å². The van der Waals surface area contributed by atoms with Crippen molar-refractivity contribution in [1.29, 1.82) is 0 Å². The summed E-state index contributed by atoms with van der Waals surface area (Å²) in [6.45, 7) is 0. The minimum absolute atomic E-state index is 0.523. The Balaban J connectivity index is 1.77. The molecule has 0 saturated heterocycles. The largest absolute Gasteiger partial charge is 0.398 e. The summed E-state index contributed by atoms with van der Waals surface area (Å²) in [4.78, 5) is 6.60. The Labute approximate surface area is 140 Å². The number of aromatic nitrogens is 3. The Morgan fingerprint density at radius 1 is 1.13 bits per heavy atom. The third kappa shape index (κ3) is 3.46. The maximum absolute atomic E-state index is 5.94. The lowest BCUT2D eigenvalue weighted by molar-refractivity contribution is 0.972. The van der Waals surface area contributed by atoms with Gasteiger partial charge in [0.25, 0.3) is 0 Å². The molecule has 3 N–H and O–H groups in total. The number of benzene rings is 2. The van der Waals surface area contributed by atoms with Crippen molar-refractivity contribution in [2.75, 3.05) is 24.7 Å². The van der Waals surface area contributed by atoms with E-state index in [1.807, 2.05) is 20.2 Å². The zero-order chi connectivity index (χ0) is 16.4. The standard InChI is InChI=1S/C17H18ClN5/c1-23(2)13-6-3-11(4-7-13)9-16-20-17(22-21-16)12-5-8-14(18)15(19)10-12/h3-8,10H,9,19H2,1-2H3,(H,20,21,22). The van der Waals surface area contributed by atoms with E-state index in [0.717, 1.165) is 11.4 Å². The van der Waals surface area contributed by atoms with Crippen LogP contribution in [-0.2, 0) is 6.42 Å². The molecule has 0 fully saturated rings. The van der Waals surface area contributed by atoms with Gasteiger partial charge in [0, 0.05) is 31.8 Å². The molecule has 6 heteroatoms. The SMILES string of the molecule is CN(C)c1ccc(Cc2nc(-c3ccc(Cl)c(N)c3)n[nH]2)cc1. The second kappa shape index (κ2) is 6.30. The molecule has 3 rings (SSSR count). The number of anilines is 2. The molecular weight excluding hydrogens is 310 g/mol. The highest BCUT2D eigenvalue weighted by atomic mass is 35.5. The van der Waals surface area contributed by atoms with Gasteiger partial charge in [-0.15, -0.1) is 0 Å². The van der Waals surface area contributed by atoms with Crippen molar-refractivity contribution in [2.45, 2.75) is 6.42 Å². The Morgan fingerprint density at radius 3 is 2.52 bits per heavy atom. The summed E-state index contributed by atoms with van der Waals surface area (Å²) < 4.78 is 0. The van der Waals surface area contributed by atoms with E-state index in [2.05, 4.69) is 44.3 Å². The summed E-state index contributed by atoms with van der Waals surface area (Å²) >= 11 is 5.94. The van der Waals surface area contributed by atoms with Crippen LogP contribution in [0.15, 0.2) is 42.5 Å². The van der Waals surface area contributed by atoms with Crippen LogP contribution in [0.25, 0.3) is 11.4 Å². The van der Waals surface area contributed by atoms with Gasteiger partial charge in [0.1, 0.15) is 5.82 Å². The number of nitrogens with zero attached hydrogens (tertiary/aromatic N) is 3. The molecule has 1 aromatic heterocycles. The number of nitrogens with two attached hydrogens (primary N) is 1. The second-order valence-corrected chi connectivity index (χ2v) is 5.99. The van der Waals surface area contributed by atoms with Crippen molar-refractivity contribution in [2.24, 2.45) is 0 Å². The number of halogens is 1. The van der Waals surface area contributed by atoms with E-state index in [0.29, 0.717) is 23.0 Å². The molecule has 0 saturated carbocycles. The van der Waals surface area contributed by atoms with Crippen molar-refractivity contribution >= 4 is 23.0 Å². The predicted octanol–water partition coefficient (Wildman–Crippen LogP) is 3.36. The first kappa shape index (κ1) is 15.4. The van der Waals surface area contributed by atoms with Crippen LogP contribution in [0.2, 0.25) is 5.02 Å². The average Bonchev–Trinajstić information content (AvgIpc) is 2.99. The minimum atomic E-state index is 0.523. The van der Waals surface area contributed by atoms with Crippen LogP contribution in [0.4, 0.5) is 11.4 Å². The molecule has 118 valence electrons. The number of nitrogen functional groups attached to an aromatic ring is 1. The highest BCUT2D eigenvalue weighted by molar-refractivity contribution is 6.33. The van der Waals surface area contributed by atoms with E-state index in [1.54, 1.807) is 12.1 Å². The van der Waals surface area contributed by atoms with Crippen LogP contribution in [0.3, 0.4) is 0 Å². The third-order valence-corrected chi connectivity index (χ3v) is 3.95. The number of aromatic amines is 1. The first-order chi connectivity index (χ1) is 11.0. The van der Waals surface area contributed by atoms with Crippen molar-refractivity contribution in [3.8, 4) is 11.4 Å². The van der Waals surface area contributed by atoms with E-state index >= 15 is 0 Å². The molecule has 0 aliphatic heterocycles. The van der Waals surface area contributed by atoms with Crippen LogP contribution >= 0.6 is 11.6 Å². The van der Waals surface area contributed by atoms with E-state index in [-0.39, 0.29) is 0 Å². The lowest BCUT2D eigenvalue weighted by Crippen LogP contribution is -2.08. The van der Waals surface area contributed by atoms with Gasteiger partial charge in [0.05, 0.1) is 10.7 Å². The zero-order valence-electron chi connectivity index (χ0n) is 13.0. The number of H-pyrrole nitrogens is 1. The quantitative estimate of drug-likeness (QED) is 0.721. The van der Waals surface area contributed by atoms with Crippen LogP contribution in [0.5, 0.6) is 0 Å². The first-order valence-corrected chi connectivity index (χ1v) is 7.63. The van der Waals surface area contributed by atoms with Crippen LogP contribution in [-0.4, -0.2) is 29.3 Å². The summed E-state index contributed by atoms with van der Waals surface area (Å²) in [6.07, 6.45) is 0.698. The smallest absolute Gasteiger partial charge is 0.181 e. The fraction of sp³-hybridized carbons (Fsp3) is 0.176. The van der Waals surface area contributed by atoms with Gasteiger partial charge >= 0.3 is 0 Å². The summed E-state index contributed by atoms with van der Waals surface area (Å²) in [7, 11) is 4.05. The van der Waals surface area contributed by atoms with Gasteiger partial charge in [0.2, 0.25) is 0 Å². The summed E-state index contributed by atoms with van der Waals surface area (Å²) in [5.74, 6) is 1.43. The molecule has 0 unspecified atom stereocenters. The van der Waals surface area contributed by atoms with Crippen LogP contribution in [0, 0.1) is 0 Å². The highest BCUT2D eigenvalue weighted by Crippen LogP contribution is 2.24. The van der Waals surface area contributed by atoms with Gasteiger partial charge < -0.3 is 10.6 Å². The maximum Gasteiger partial charge on any atom is 0.181 e. The van der Waals surface area contributed by atoms with Gasteiger partial charge in [-0.1, -0.05) is 23.7 Å². The van der Waals surface area contributed by atoms with Crippen molar-refractivity contribution in [3.05, 3.63) is 58.9 Å². The van der Waals surface area contributed by atoms with Gasteiger partial charge in [-0.2, -0.15) is 5.10 Å². The predicted molar refractivity (Wildman–Crippen MR) is 94.8 cm³/mol. The zero-order valence-corrected chi connectivity index (χ0v) is 13.8. The molecule has 3 aromatic rings. The minimum Gasteiger partial charge on any atom is -0.398 e. The highest BCUT2D eigenvalue weighted by Gasteiger charge is 2.08. The maximum atomic E-state index is 5.94. The number of nitrogens with one attached hydrogen (secondary N) is 1. The molecule has 0 amide bonds. The Hall–Kier alpha value is -2.53. The number of hydrogen-bond acceptors (Lipinski definition) is 4. The first-order valence-electron chi connectivity index (χ1n) is 7.26. The van der Waals surface area contributed by atoms with Crippen LogP contribution < -0.4 is 10.6 Å². The molecule has 2 aromatic carbocycles. The summed E-state index contributed by atoms with van der Waals surface area (Å²) in [6, 6.07) is 13.8. The van der Waals surface area contributed by atoms with Gasteiger partial charge in [0.15, 0.2) is 5.82 Å². The Bertz CT molecular complexity index is 808. The molecular formula is C17H18ClN5. The third-order valence-electron chi connectivity index (χ3n) is 3.61. The molecule has 5 nitrogen and oxygen atoms in total. The van der Waals surface area contributed by atoms with E-state index in [9.17, 15) is 0 Å². The molecule has 0 aliphatic rings. The lowest BCUT2D eigenvalue weighted by Gasteiger charge is -2.12. The van der Waals surface area contributed by atoms with E-state index < -0.39 is 0 Å². The molecule has 0 atom stereocenters. The molecule has 1 heterocycles. The lowest BCUT2D eigenvalue weighted by atomic mass is 10.1.